The van der Waals surface area contributed by atoms with E-state index in [1.807, 2.05) is 13.8 Å². The van der Waals surface area contributed by atoms with Gasteiger partial charge in [0.1, 0.15) is 0 Å². The highest BCUT2D eigenvalue weighted by atomic mass is 16.2. The molecule has 1 N–H and O–H groups in total. The molecule has 0 fully saturated rings. The standard InChI is InChI=1S/C14H19N3O2/c1-9(2)16-14(19)13-7-15-6-11-8-17(10(3)18)5-4-12(11)13/h6-7,9H,4-5,8H2,1-3H3,(H,16,19). The zero-order valence-corrected chi connectivity index (χ0v) is 11.6. The topological polar surface area (TPSA) is 62.3 Å². The largest absolute Gasteiger partial charge is 0.350 e. The second-order valence-electron chi connectivity index (χ2n) is 5.14. The van der Waals surface area contributed by atoms with E-state index < -0.39 is 0 Å². The normalized spacial score (nSPS) is 14.2. The third kappa shape index (κ3) is 2.92. The third-order valence-electron chi connectivity index (χ3n) is 3.25. The van der Waals surface area contributed by atoms with E-state index >= 15 is 0 Å². The van der Waals surface area contributed by atoms with Gasteiger partial charge in [0.05, 0.1) is 5.56 Å². The Morgan fingerprint density at radius 2 is 2.11 bits per heavy atom. The number of amides is 2. The maximum Gasteiger partial charge on any atom is 0.253 e. The number of hydrogen-bond donors (Lipinski definition) is 1. The first-order valence-electron chi connectivity index (χ1n) is 6.51. The molecule has 1 aromatic rings. The lowest BCUT2D eigenvalue weighted by Crippen LogP contribution is -2.37. The summed E-state index contributed by atoms with van der Waals surface area (Å²) in [5.41, 5.74) is 2.62. The van der Waals surface area contributed by atoms with Crippen LogP contribution in [0.2, 0.25) is 0 Å². The number of nitrogens with zero attached hydrogens (tertiary/aromatic N) is 2. The number of carbonyl (C=O) groups excluding carboxylic acids is 2. The Bertz CT molecular complexity index is 511. The first kappa shape index (κ1) is 13.5. The summed E-state index contributed by atoms with van der Waals surface area (Å²) >= 11 is 0. The van der Waals surface area contributed by atoms with Gasteiger partial charge in [-0.1, -0.05) is 0 Å². The van der Waals surface area contributed by atoms with Gasteiger partial charge in [0.2, 0.25) is 5.91 Å². The van der Waals surface area contributed by atoms with Crippen molar-refractivity contribution in [1.29, 1.82) is 0 Å². The number of hydrogen-bond acceptors (Lipinski definition) is 3. The minimum Gasteiger partial charge on any atom is -0.350 e. The van der Waals surface area contributed by atoms with E-state index in [2.05, 4.69) is 10.3 Å². The van der Waals surface area contributed by atoms with E-state index in [0.717, 1.165) is 11.1 Å². The molecule has 0 unspecified atom stereocenters. The Kier molecular flexibility index (Phi) is 3.83. The Hall–Kier alpha value is -1.91. The van der Waals surface area contributed by atoms with Crippen LogP contribution in [-0.4, -0.2) is 34.3 Å². The van der Waals surface area contributed by atoms with Gasteiger partial charge in [-0.3, -0.25) is 14.6 Å². The van der Waals surface area contributed by atoms with Crippen LogP contribution in [0.1, 0.15) is 42.3 Å². The number of carbonyl (C=O) groups is 2. The van der Waals surface area contributed by atoms with Crippen LogP contribution >= 0.6 is 0 Å². The fourth-order valence-electron chi connectivity index (χ4n) is 2.30. The van der Waals surface area contributed by atoms with Crippen LogP contribution in [0.5, 0.6) is 0 Å². The Labute approximate surface area is 113 Å². The van der Waals surface area contributed by atoms with Crippen molar-refractivity contribution in [2.45, 2.75) is 39.8 Å². The maximum atomic E-state index is 12.1. The van der Waals surface area contributed by atoms with Gasteiger partial charge in [-0.15, -0.1) is 0 Å². The molecule has 0 radical (unpaired) electrons. The predicted molar refractivity (Wildman–Crippen MR) is 71.6 cm³/mol. The molecular weight excluding hydrogens is 242 g/mol. The van der Waals surface area contributed by atoms with Crippen LogP contribution in [0.25, 0.3) is 0 Å². The molecule has 2 amide bonds. The molecule has 0 aliphatic carbocycles. The first-order valence-corrected chi connectivity index (χ1v) is 6.51. The molecule has 1 aromatic heterocycles. The number of nitrogens with one attached hydrogen (secondary N) is 1. The lowest BCUT2D eigenvalue weighted by Gasteiger charge is -2.28. The maximum absolute atomic E-state index is 12.1. The molecular formula is C14H19N3O2. The zero-order chi connectivity index (χ0) is 14.0. The summed E-state index contributed by atoms with van der Waals surface area (Å²) in [5, 5.41) is 2.88. The predicted octanol–water partition coefficient (Wildman–Crippen LogP) is 1.12. The number of pyridine rings is 1. The van der Waals surface area contributed by atoms with E-state index in [4.69, 9.17) is 0 Å². The van der Waals surface area contributed by atoms with Crippen LogP contribution in [0.4, 0.5) is 0 Å². The summed E-state index contributed by atoms with van der Waals surface area (Å²) in [6.45, 7) is 6.62. The average Bonchev–Trinajstić information content (AvgIpc) is 2.36. The van der Waals surface area contributed by atoms with E-state index in [-0.39, 0.29) is 17.9 Å². The highest BCUT2D eigenvalue weighted by Gasteiger charge is 2.23. The van der Waals surface area contributed by atoms with Crippen molar-refractivity contribution >= 4 is 11.8 Å². The summed E-state index contributed by atoms with van der Waals surface area (Å²) in [7, 11) is 0. The van der Waals surface area contributed by atoms with Crippen LogP contribution < -0.4 is 5.32 Å². The van der Waals surface area contributed by atoms with E-state index in [0.29, 0.717) is 25.1 Å². The second-order valence-corrected chi connectivity index (χ2v) is 5.14. The fourth-order valence-corrected chi connectivity index (χ4v) is 2.30. The van der Waals surface area contributed by atoms with Crippen LogP contribution in [0.3, 0.4) is 0 Å². The monoisotopic (exact) mass is 261 g/mol. The number of rotatable bonds is 2. The van der Waals surface area contributed by atoms with Crippen LogP contribution in [-0.2, 0) is 17.8 Å². The van der Waals surface area contributed by atoms with Crippen molar-refractivity contribution in [2.24, 2.45) is 0 Å². The molecule has 0 aromatic carbocycles. The summed E-state index contributed by atoms with van der Waals surface area (Å²) in [4.78, 5) is 29.4. The minimum absolute atomic E-state index is 0.0580. The molecule has 19 heavy (non-hydrogen) atoms. The Morgan fingerprint density at radius 1 is 1.37 bits per heavy atom. The van der Waals surface area contributed by atoms with Gasteiger partial charge < -0.3 is 10.2 Å². The minimum atomic E-state index is -0.0874. The second kappa shape index (κ2) is 5.38. The van der Waals surface area contributed by atoms with Crippen molar-refractivity contribution in [3.05, 3.63) is 29.1 Å². The van der Waals surface area contributed by atoms with Gasteiger partial charge in [0.15, 0.2) is 0 Å². The molecule has 5 nitrogen and oxygen atoms in total. The highest BCUT2D eigenvalue weighted by Crippen LogP contribution is 2.21. The first-order chi connectivity index (χ1) is 8.99. The molecule has 0 saturated carbocycles. The Balaban J connectivity index is 2.28. The molecule has 0 atom stereocenters. The van der Waals surface area contributed by atoms with Crippen LogP contribution in [0.15, 0.2) is 12.4 Å². The van der Waals surface area contributed by atoms with E-state index in [1.54, 1.807) is 24.2 Å². The SMILES string of the molecule is CC(=O)N1CCc2c(cncc2C(=O)NC(C)C)C1. The molecule has 0 saturated heterocycles. The average molecular weight is 261 g/mol. The number of fused-ring (bicyclic) bond motifs is 1. The lowest BCUT2D eigenvalue weighted by atomic mass is 9.96. The van der Waals surface area contributed by atoms with Gasteiger partial charge in [0, 0.05) is 38.4 Å². The summed E-state index contributed by atoms with van der Waals surface area (Å²) in [6, 6.07) is 0.0978. The fraction of sp³-hybridized carbons (Fsp3) is 0.500. The molecule has 0 bridgehead atoms. The van der Waals surface area contributed by atoms with Crippen LogP contribution in [0, 0.1) is 0 Å². The van der Waals surface area contributed by atoms with Crippen molar-refractivity contribution in [3.63, 3.8) is 0 Å². The van der Waals surface area contributed by atoms with Gasteiger partial charge in [-0.05, 0) is 31.4 Å². The van der Waals surface area contributed by atoms with E-state index in [1.165, 1.54) is 0 Å². The molecule has 2 heterocycles. The summed E-state index contributed by atoms with van der Waals surface area (Å²) < 4.78 is 0. The van der Waals surface area contributed by atoms with Gasteiger partial charge in [0.25, 0.3) is 5.91 Å². The summed E-state index contributed by atoms with van der Waals surface area (Å²) in [6.07, 6.45) is 4.06. The number of aromatic nitrogens is 1. The molecule has 102 valence electrons. The van der Waals surface area contributed by atoms with Crippen molar-refractivity contribution in [2.75, 3.05) is 6.54 Å². The molecule has 1 aliphatic rings. The van der Waals surface area contributed by atoms with Gasteiger partial charge >= 0.3 is 0 Å². The zero-order valence-electron chi connectivity index (χ0n) is 11.6. The smallest absolute Gasteiger partial charge is 0.253 e. The quantitative estimate of drug-likeness (QED) is 0.868. The van der Waals surface area contributed by atoms with Gasteiger partial charge in [-0.2, -0.15) is 0 Å². The molecule has 1 aliphatic heterocycles. The molecule has 5 heteroatoms. The van der Waals surface area contributed by atoms with Crippen molar-refractivity contribution in [1.82, 2.24) is 15.2 Å². The van der Waals surface area contributed by atoms with Crippen molar-refractivity contribution < 1.29 is 9.59 Å². The third-order valence-corrected chi connectivity index (χ3v) is 3.25. The van der Waals surface area contributed by atoms with E-state index in [9.17, 15) is 9.59 Å². The lowest BCUT2D eigenvalue weighted by molar-refractivity contribution is -0.129. The van der Waals surface area contributed by atoms with Gasteiger partial charge in [-0.25, -0.2) is 0 Å². The van der Waals surface area contributed by atoms with Crippen molar-refractivity contribution in [3.8, 4) is 0 Å². The molecule has 2 rings (SSSR count). The Morgan fingerprint density at radius 3 is 2.74 bits per heavy atom. The highest BCUT2D eigenvalue weighted by molar-refractivity contribution is 5.96. The summed E-state index contributed by atoms with van der Waals surface area (Å²) in [5.74, 6) is -0.0293. The molecule has 0 spiro atoms.